The van der Waals surface area contributed by atoms with Gasteiger partial charge in [-0.2, -0.15) is 4.31 Å². The van der Waals surface area contributed by atoms with Crippen LogP contribution in [0.15, 0.2) is 37.2 Å². The second kappa shape index (κ2) is 9.08. The van der Waals surface area contributed by atoms with Crippen molar-refractivity contribution in [2.24, 2.45) is 0 Å². The Morgan fingerprint density at radius 2 is 1.97 bits per heavy atom. The molecule has 3 heterocycles. The van der Waals surface area contributed by atoms with Crippen LogP contribution in [0.25, 0.3) is 11.4 Å². The average Bonchev–Trinajstić information content (AvgIpc) is 2.76. The van der Waals surface area contributed by atoms with E-state index < -0.39 is 16.1 Å². The van der Waals surface area contributed by atoms with E-state index in [1.165, 1.54) is 29.8 Å². The number of pyridine rings is 1. The van der Waals surface area contributed by atoms with Crippen LogP contribution in [-0.4, -0.2) is 77.3 Å². The SMILES string of the molecule is C=CC(=O)N1CCN(S(C)(=O)=O)C[C@@H]1c1cc(Cl)nc(-c2cc(C(=O)NC)ncn2)c1. The quantitative estimate of drug-likeness (QED) is 0.514. The van der Waals surface area contributed by atoms with E-state index in [1.54, 1.807) is 17.0 Å². The molecular formula is C19H21ClN6O4S. The van der Waals surface area contributed by atoms with E-state index in [2.05, 4.69) is 26.8 Å². The molecule has 1 aliphatic heterocycles. The molecule has 2 aromatic rings. The fraction of sp³-hybridized carbons (Fsp3) is 0.316. The lowest BCUT2D eigenvalue weighted by Gasteiger charge is -2.40. The molecule has 0 unspecified atom stereocenters. The van der Waals surface area contributed by atoms with Crippen molar-refractivity contribution >= 4 is 33.4 Å². The number of amides is 2. The summed E-state index contributed by atoms with van der Waals surface area (Å²) in [6.45, 7) is 3.98. The molecule has 31 heavy (non-hydrogen) atoms. The largest absolute Gasteiger partial charge is 0.354 e. The van der Waals surface area contributed by atoms with Crippen molar-refractivity contribution in [3.8, 4) is 11.4 Å². The number of aromatic nitrogens is 3. The maximum atomic E-state index is 12.4. The highest BCUT2D eigenvalue weighted by Gasteiger charge is 2.34. The second-order valence-electron chi connectivity index (χ2n) is 6.85. The number of piperazine rings is 1. The number of nitrogens with zero attached hydrogens (tertiary/aromatic N) is 5. The molecule has 0 bridgehead atoms. The number of halogens is 1. The van der Waals surface area contributed by atoms with E-state index in [9.17, 15) is 18.0 Å². The van der Waals surface area contributed by atoms with Crippen molar-refractivity contribution in [3.05, 3.63) is 53.6 Å². The Morgan fingerprint density at radius 1 is 1.23 bits per heavy atom. The maximum absolute atomic E-state index is 12.4. The molecule has 0 aromatic carbocycles. The second-order valence-corrected chi connectivity index (χ2v) is 9.22. The number of hydrogen-bond donors (Lipinski definition) is 1. The maximum Gasteiger partial charge on any atom is 0.269 e. The first kappa shape index (κ1) is 22.8. The van der Waals surface area contributed by atoms with Gasteiger partial charge in [0.2, 0.25) is 15.9 Å². The van der Waals surface area contributed by atoms with Gasteiger partial charge in [-0.05, 0) is 29.8 Å². The standard InChI is InChI=1S/C19H21ClN6O4S/c1-4-18(27)26-6-5-25(31(3,29)30)10-16(26)12-7-14(24-17(20)8-12)13-9-15(19(28)21-2)23-11-22-13/h4,7-9,11,16H,1,5-6,10H2,2-3H3,(H,21,28)/t16-/m1/s1. The van der Waals surface area contributed by atoms with Crippen molar-refractivity contribution in [2.45, 2.75) is 6.04 Å². The zero-order valence-corrected chi connectivity index (χ0v) is 18.5. The first-order chi connectivity index (χ1) is 14.6. The molecule has 1 atom stereocenters. The zero-order valence-electron chi connectivity index (χ0n) is 16.9. The van der Waals surface area contributed by atoms with Gasteiger partial charge in [-0.25, -0.2) is 23.4 Å². The Balaban J connectivity index is 2.06. The molecule has 0 aliphatic carbocycles. The molecule has 0 saturated carbocycles. The average molecular weight is 465 g/mol. The first-order valence-corrected chi connectivity index (χ1v) is 11.5. The molecule has 1 aliphatic rings. The van der Waals surface area contributed by atoms with Gasteiger partial charge in [0, 0.05) is 26.7 Å². The van der Waals surface area contributed by atoms with Gasteiger partial charge >= 0.3 is 0 Å². The molecule has 0 spiro atoms. The van der Waals surface area contributed by atoms with Crippen molar-refractivity contribution in [3.63, 3.8) is 0 Å². The van der Waals surface area contributed by atoms with Crippen LogP contribution < -0.4 is 5.32 Å². The Bertz CT molecular complexity index is 1140. The molecule has 10 nitrogen and oxygen atoms in total. The van der Waals surface area contributed by atoms with E-state index >= 15 is 0 Å². The van der Waals surface area contributed by atoms with E-state index in [1.807, 2.05) is 0 Å². The van der Waals surface area contributed by atoms with Crippen LogP contribution in [0.5, 0.6) is 0 Å². The highest BCUT2D eigenvalue weighted by Crippen LogP contribution is 2.31. The summed E-state index contributed by atoms with van der Waals surface area (Å²) in [6.07, 6.45) is 3.55. The number of sulfonamides is 1. The predicted octanol–water partition coefficient (Wildman–Crippen LogP) is 0.882. The van der Waals surface area contributed by atoms with Gasteiger partial charge in [0.15, 0.2) is 0 Å². The van der Waals surface area contributed by atoms with Crippen LogP contribution in [0.2, 0.25) is 5.15 Å². The van der Waals surface area contributed by atoms with E-state index in [-0.39, 0.29) is 42.3 Å². The summed E-state index contributed by atoms with van der Waals surface area (Å²) in [5.74, 6) is -0.707. The zero-order chi connectivity index (χ0) is 22.8. The third-order valence-electron chi connectivity index (χ3n) is 4.86. The van der Waals surface area contributed by atoms with Crippen LogP contribution >= 0.6 is 11.6 Å². The van der Waals surface area contributed by atoms with Crippen LogP contribution in [-0.2, 0) is 14.8 Å². The molecular weight excluding hydrogens is 444 g/mol. The van der Waals surface area contributed by atoms with Gasteiger partial charge in [-0.3, -0.25) is 9.59 Å². The third kappa shape index (κ3) is 5.06. The van der Waals surface area contributed by atoms with E-state index in [4.69, 9.17) is 11.6 Å². The number of carbonyl (C=O) groups is 2. The van der Waals surface area contributed by atoms with Crippen molar-refractivity contribution in [2.75, 3.05) is 32.9 Å². The third-order valence-corrected chi connectivity index (χ3v) is 6.32. The minimum absolute atomic E-state index is 0.0610. The minimum atomic E-state index is -3.46. The topological polar surface area (TPSA) is 125 Å². The number of hydrogen-bond acceptors (Lipinski definition) is 7. The number of nitrogens with one attached hydrogen (secondary N) is 1. The number of rotatable bonds is 5. The van der Waals surface area contributed by atoms with Gasteiger partial charge in [-0.1, -0.05) is 18.2 Å². The molecule has 1 saturated heterocycles. The van der Waals surface area contributed by atoms with Gasteiger partial charge in [0.1, 0.15) is 17.2 Å². The van der Waals surface area contributed by atoms with Crippen LogP contribution in [0.4, 0.5) is 0 Å². The fourth-order valence-electron chi connectivity index (χ4n) is 3.32. The Hall–Kier alpha value is -2.89. The van der Waals surface area contributed by atoms with Crippen LogP contribution in [0.3, 0.4) is 0 Å². The first-order valence-electron chi connectivity index (χ1n) is 9.24. The van der Waals surface area contributed by atoms with Crippen LogP contribution in [0.1, 0.15) is 22.1 Å². The Kier molecular flexibility index (Phi) is 6.68. The van der Waals surface area contributed by atoms with Gasteiger partial charge < -0.3 is 10.2 Å². The molecule has 12 heteroatoms. The lowest BCUT2D eigenvalue weighted by molar-refractivity contribution is -0.130. The normalized spacial score (nSPS) is 17.3. The monoisotopic (exact) mass is 464 g/mol. The molecule has 1 fully saturated rings. The van der Waals surface area contributed by atoms with Crippen molar-refractivity contribution in [1.82, 2.24) is 29.5 Å². The van der Waals surface area contributed by atoms with Crippen LogP contribution in [0, 0.1) is 0 Å². The molecule has 164 valence electrons. The van der Waals surface area contributed by atoms with Gasteiger partial charge in [0.05, 0.1) is 23.7 Å². The van der Waals surface area contributed by atoms with E-state index in [0.29, 0.717) is 17.0 Å². The van der Waals surface area contributed by atoms with Crippen molar-refractivity contribution in [1.29, 1.82) is 0 Å². The Labute approximate surface area is 185 Å². The summed E-state index contributed by atoms with van der Waals surface area (Å²) in [5, 5.41) is 2.62. The van der Waals surface area contributed by atoms with Crippen molar-refractivity contribution < 1.29 is 18.0 Å². The smallest absolute Gasteiger partial charge is 0.269 e. The summed E-state index contributed by atoms with van der Waals surface area (Å²) in [4.78, 5) is 38.2. The Morgan fingerprint density at radius 3 is 2.61 bits per heavy atom. The predicted molar refractivity (Wildman–Crippen MR) is 115 cm³/mol. The molecule has 2 aromatic heterocycles. The summed E-state index contributed by atoms with van der Waals surface area (Å²) in [5.41, 5.74) is 1.45. The fourth-order valence-corrected chi connectivity index (χ4v) is 4.36. The minimum Gasteiger partial charge on any atom is -0.354 e. The summed E-state index contributed by atoms with van der Waals surface area (Å²) < 4.78 is 25.5. The highest BCUT2D eigenvalue weighted by atomic mass is 35.5. The summed E-state index contributed by atoms with van der Waals surface area (Å²) in [6, 6.07) is 4.11. The van der Waals surface area contributed by atoms with E-state index in [0.717, 1.165) is 6.26 Å². The van der Waals surface area contributed by atoms with Gasteiger partial charge in [0.25, 0.3) is 5.91 Å². The summed E-state index contributed by atoms with van der Waals surface area (Å²) in [7, 11) is -1.97. The lowest BCUT2D eigenvalue weighted by atomic mass is 10.0. The molecule has 0 radical (unpaired) electrons. The number of carbonyl (C=O) groups excluding carboxylic acids is 2. The highest BCUT2D eigenvalue weighted by molar-refractivity contribution is 7.88. The molecule has 1 N–H and O–H groups in total. The van der Waals surface area contributed by atoms with Gasteiger partial charge in [-0.15, -0.1) is 0 Å². The summed E-state index contributed by atoms with van der Waals surface area (Å²) >= 11 is 6.25. The lowest BCUT2D eigenvalue weighted by Crippen LogP contribution is -2.51. The molecule has 2 amide bonds. The molecule has 3 rings (SSSR count).